The van der Waals surface area contributed by atoms with Gasteiger partial charge in [0.25, 0.3) is 0 Å². The highest BCUT2D eigenvalue weighted by atomic mass is 32.2. The Labute approximate surface area is 123 Å². The number of hydrogen-bond acceptors (Lipinski definition) is 1. The van der Waals surface area contributed by atoms with E-state index in [1.807, 2.05) is 12.1 Å². The summed E-state index contributed by atoms with van der Waals surface area (Å²) in [4.78, 5) is 4.04. The highest BCUT2D eigenvalue weighted by Crippen LogP contribution is 2.46. The van der Waals surface area contributed by atoms with Crippen LogP contribution in [0, 0.1) is 0 Å². The van der Waals surface area contributed by atoms with Crippen LogP contribution < -0.4 is 4.74 Å². The number of para-hydroxylation sites is 2. The fraction of sp³-hybridized carbons (Fsp3) is 0.222. The van der Waals surface area contributed by atoms with Crippen molar-refractivity contribution in [2.24, 2.45) is 0 Å². The monoisotopic (exact) mass is 283 g/mol. The van der Waals surface area contributed by atoms with Crippen LogP contribution in [0.4, 0.5) is 0 Å². The van der Waals surface area contributed by atoms with Gasteiger partial charge in [-0.15, -0.1) is 0 Å². The second kappa shape index (κ2) is 5.76. The highest BCUT2D eigenvalue weighted by molar-refractivity contribution is 8.00. The van der Waals surface area contributed by atoms with Crippen molar-refractivity contribution >= 4 is 10.9 Å². The zero-order chi connectivity index (χ0) is 13.9. The molecule has 0 bridgehead atoms. The first-order chi connectivity index (χ1) is 9.81. The number of allylic oxidation sites excluding steroid dienone is 2. The van der Waals surface area contributed by atoms with Gasteiger partial charge in [-0.2, -0.15) is 0 Å². The molecule has 1 nitrogen and oxygen atoms in total. The molecule has 102 valence electrons. The lowest BCUT2D eigenvalue weighted by atomic mass is 10.3. The molecule has 0 fully saturated rings. The van der Waals surface area contributed by atoms with Gasteiger partial charge < -0.3 is 4.74 Å². The third-order valence-corrected chi connectivity index (χ3v) is 5.77. The maximum atomic E-state index is 6.04. The van der Waals surface area contributed by atoms with Crippen molar-refractivity contribution in [2.45, 2.75) is 36.5 Å². The summed E-state index contributed by atoms with van der Waals surface area (Å²) in [6, 6.07) is 16.8. The molecular weight excluding hydrogens is 264 g/mol. The van der Waals surface area contributed by atoms with Gasteiger partial charge in [0, 0.05) is 6.92 Å². The van der Waals surface area contributed by atoms with Crippen LogP contribution in [0.25, 0.3) is 0 Å². The minimum atomic E-state index is -0.00466. The van der Waals surface area contributed by atoms with E-state index in [1.165, 1.54) is 21.1 Å². The SMILES string of the molecule is CCC/C=C(\C)[S+]1c2ccccc2Oc2ccccc21. The average molecular weight is 283 g/mol. The summed E-state index contributed by atoms with van der Waals surface area (Å²) in [5, 5.41) is 0. The van der Waals surface area contributed by atoms with Crippen molar-refractivity contribution in [1.82, 2.24) is 0 Å². The first-order valence-corrected chi connectivity index (χ1v) is 8.30. The second-order valence-electron chi connectivity index (χ2n) is 4.91. The molecule has 0 aromatic heterocycles. The maximum absolute atomic E-state index is 6.04. The van der Waals surface area contributed by atoms with Gasteiger partial charge in [0.05, 0.1) is 0 Å². The van der Waals surface area contributed by atoms with Crippen LogP contribution in [-0.2, 0) is 10.9 Å². The van der Waals surface area contributed by atoms with E-state index in [4.69, 9.17) is 4.74 Å². The number of fused-ring (bicyclic) bond motifs is 2. The largest absolute Gasteiger partial charge is 0.447 e. The topological polar surface area (TPSA) is 9.23 Å². The summed E-state index contributed by atoms with van der Waals surface area (Å²) < 4.78 is 6.04. The number of ether oxygens (including phenoxy) is 1. The van der Waals surface area contributed by atoms with Gasteiger partial charge >= 0.3 is 0 Å². The van der Waals surface area contributed by atoms with E-state index in [9.17, 15) is 0 Å². The summed E-state index contributed by atoms with van der Waals surface area (Å²) in [5.74, 6) is 2.00. The Morgan fingerprint density at radius 1 is 1.00 bits per heavy atom. The maximum Gasteiger partial charge on any atom is 0.208 e. The Morgan fingerprint density at radius 3 is 2.10 bits per heavy atom. The third kappa shape index (κ3) is 2.36. The molecule has 0 spiro atoms. The van der Waals surface area contributed by atoms with Crippen LogP contribution in [-0.4, -0.2) is 0 Å². The van der Waals surface area contributed by atoms with E-state index >= 15 is 0 Å². The van der Waals surface area contributed by atoms with Crippen LogP contribution in [0.2, 0.25) is 0 Å². The molecular formula is C18H19OS+. The van der Waals surface area contributed by atoms with E-state index in [-0.39, 0.29) is 10.9 Å². The van der Waals surface area contributed by atoms with Gasteiger partial charge in [-0.05, 0) is 36.8 Å². The van der Waals surface area contributed by atoms with Gasteiger partial charge in [-0.3, -0.25) is 0 Å². The predicted octanol–water partition coefficient (Wildman–Crippen LogP) is 5.53. The Balaban J connectivity index is 2.12. The number of rotatable bonds is 3. The van der Waals surface area contributed by atoms with Crippen LogP contribution in [0.1, 0.15) is 26.7 Å². The minimum absolute atomic E-state index is 0.00466. The van der Waals surface area contributed by atoms with E-state index < -0.39 is 0 Å². The van der Waals surface area contributed by atoms with Crippen LogP contribution in [0.5, 0.6) is 11.5 Å². The lowest BCUT2D eigenvalue weighted by Gasteiger charge is -2.19. The molecule has 2 heteroatoms. The molecule has 0 unspecified atom stereocenters. The molecule has 1 aliphatic rings. The molecule has 0 aliphatic carbocycles. The molecule has 2 aromatic carbocycles. The average Bonchev–Trinajstić information content (AvgIpc) is 2.50. The van der Waals surface area contributed by atoms with Gasteiger partial charge in [0.15, 0.2) is 11.5 Å². The molecule has 0 atom stereocenters. The second-order valence-corrected chi connectivity index (χ2v) is 7.04. The number of hydrogen-bond donors (Lipinski definition) is 0. The van der Waals surface area contributed by atoms with E-state index in [1.54, 1.807) is 0 Å². The molecule has 1 aliphatic heterocycles. The van der Waals surface area contributed by atoms with Crippen molar-refractivity contribution < 1.29 is 4.74 Å². The summed E-state index contributed by atoms with van der Waals surface area (Å²) in [6.45, 7) is 4.47. The molecule has 0 saturated heterocycles. The van der Waals surface area contributed by atoms with Gasteiger partial charge in [-0.1, -0.05) is 37.6 Å². The zero-order valence-corrected chi connectivity index (χ0v) is 12.7. The van der Waals surface area contributed by atoms with Gasteiger partial charge in [0.1, 0.15) is 15.8 Å². The summed E-state index contributed by atoms with van der Waals surface area (Å²) in [5.41, 5.74) is 0. The summed E-state index contributed by atoms with van der Waals surface area (Å²) in [6.07, 6.45) is 4.71. The van der Waals surface area contributed by atoms with Crippen molar-refractivity contribution in [1.29, 1.82) is 0 Å². The van der Waals surface area contributed by atoms with E-state index in [0.29, 0.717) is 0 Å². The molecule has 20 heavy (non-hydrogen) atoms. The highest BCUT2D eigenvalue weighted by Gasteiger charge is 2.38. The van der Waals surface area contributed by atoms with Crippen LogP contribution in [0.15, 0.2) is 69.3 Å². The lowest BCUT2D eigenvalue weighted by Crippen LogP contribution is -2.12. The first-order valence-electron chi connectivity index (χ1n) is 7.08. The van der Waals surface area contributed by atoms with Crippen LogP contribution in [0.3, 0.4) is 0 Å². The lowest BCUT2D eigenvalue weighted by molar-refractivity contribution is 0.453. The molecule has 0 saturated carbocycles. The standard InChI is InChI=1S/C18H19OS/c1-3-4-9-14(2)20-17-12-7-5-10-15(17)19-16-11-6-8-13-18(16)20/h5-13H,3-4H2,1-2H3/q+1/b14-9+. The predicted molar refractivity (Wildman–Crippen MR) is 85.5 cm³/mol. The quantitative estimate of drug-likeness (QED) is 0.673. The molecule has 1 heterocycles. The minimum Gasteiger partial charge on any atom is -0.447 e. The fourth-order valence-corrected chi connectivity index (χ4v) is 4.69. The Kier molecular flexibility index (Phi) is 3.83. The van der Waals surface area contributed by atoms with Crippen molar-refractivity contribution in [3.63, 3.8) is 0 Å². The smallest absolute Gasteiger partial charge is 0.208 e. The van der Waals surface area contributed by atoms with E-state index in [0.717, 1.165) is 17.9 Å². The Morgan fingerprint density at radius 2 is 1.55 bits per heavy atom. The fourth-order valence-electron chi connectivity index (χ4n) is 2.42. The molecule has 3 rings (SSSR count). The summed E-state index contributed by atoms with van der Waals surface area (Å²) >= 11 is 0. The third-order valence-electron chi connectivity index (χ3n) is 3.40. The molecule has 0 radical (unpaired) electrons. The molecule has 0 N–H and O–H groups in total. The Bertz CT molecular complexity index is 600. The van der Waals surface area contributed by atoms with Crippen molar-refractivity contribution in [2.75, 3.05) is 0 Å². The number of benzene rings is 2. The summed E-state index contributed by atoms with van der Waals surface area (Å²) in [7, 11) is -0.00466. The van der Waals surface area contributed by atoms with Gasteiger partial charge in [-0.25, -0.2) is 0 Å². The first kappa shape index (κ1) is 13.3. The number of unbranched alkanes of at least 4 members (excludes halogenated alkanes) is 1. The van der Waals surface area contributed by atoms with Crippen molar-refractivity contribution in [3.05, 3.63) is 59.5 Å². The molecule has 2 aromatic rings. The molecule has 0 amide bonds. The zero-order valence-electron chi connectivity index (χ0n) is 11.9. The van der Waals surface area contributed by atoms with Crippen LogP contribution >= 0.6 is 0 Å². The van der Waals surface area contributed by atoms with Crippen molar-refractivity contribution in [3.8, 4) is 11.5 Å². The van der Waals surface area contributed by atoms with Gasteiger partial charge in [0.2, 0.25) is 9.79 Å². The normalized spacial score (nSPS) is 14.4. The Hall–Kier alpha value is -1.67. The van der Waals surface area contributed by atoms with E-state index in [2.05, 4.69) is 56.3 Å².